The molecule has 0 fully saturated rings. The molecule has 0 bridgehead atoms. The quantitative estimate of drug-likeness (QED) is 0.845. The van der Waals surface area contributed by atoms with Crippen molar-refractivity contribution in [3.63, 3.8) is 0 Å². The normalized spacial score (nSPS) is 16.6. The minimum Gasteiger partial charge on any atom is -0.487 e. The first-order chi connectivity index (χ1) is 9.61. The molecule has 0 amide bonds. The van der Waals surface area contributed by atoms with Crippen molar-refractivity contribution >= 4 is 0 Å². The highest BCUT2D eigenvalue weighted by atomic mass is 19.1. The average Bonchev–Trinajstić information content (AvgIpc) is 2.81. The number of fused-ring (bicyclic) bond motifs is 1. The summed E-state index contributed by atoms with van der Waals surface area (Å²) in [6, 6.07) is 11.0. The van der Waals surface area contributed by atoms with Crippen molar-refractivity contribution < 1.29 is 13.9 Å². The van der Waals surface area contributed by atoms with E-state index in [0.29, 0.717) is 12.4 Å². The van der Waals surface area contributed by atoms with Gasteiger partial charge in [-0.3, -0.25) is 0 Å². The first kappa shape index (κ1) is 13.0. The van der Waals surface area contributed by atoms with Crippen molar-refractivity contribution in [1.29, 1.82) is 0 Å². The number of rotatable bonds is 3. The molecule has 1 atom stereocenters. The van der Waals surface area contributed by atoms with Crippen LogP contribution < -0.4 is 9.47 Å². The van der Waals surface area contributed by atoms with E-state index in [4.69, 9.17) is 9.47 Å². The minimum atomic E-state index is -0.332. The Morgan fingerprint density at radius 2 is 1.90 bits per heavy atom. The standard InChI is InChI=1S/C17H17FO2/c1-11-4-6-16-13(7-11)9-14(20-16)10-19-17-8-12(2)3-5-15(17)18/h3-8,14H,9-10H2,1-2H3. The third kappa shape index (κ3) is 2.62. The van der Waals surface area contributed by atoms with Gasteiger partial charge >= 0.3 is 0 Å². The molecule has 1 heterocycles. The Balaban J connectivity index is 1.65. The van der Waals surface area contributed by atoms with Gasteiger partial charge < -0.3 is 9.47 Å². The maximum Gasteiger partial charge on any atom is 0.165 e. The first-order valence-electron chi connectivity index (χ1n) is 6.77. The molecule has 0 radical (unpaired) electrons. The Labute approximate surface area is 118 Å². The number of hydrogen-bond donors (Lipinski definition) is 0. The van der Waals surface area contributed by atoms with Crippen molar-refractivity contribution in [1.82, 2.24) is 0 Å². The van der Waals surface area contributed by atoms with Crippen molar-refractivity contribution in [3.8, 4) is 11.5 Å². The van der Waals surface area contributed by atoms with E-state index in [2.05, 4.69) is 13.0 Å². The van der Waals surface area contributed by atoms with Gasteiger partial charge in [-0.1, -0.05) is 23.8 Å². The number of ether oxygens (including phenoxy) is 2. The summed E-state index contributed by atoms with van der Waals surface area (Å²) in [6.45, 7) is 4.33. The van der Waals surface area contributed by atoms with Crippen LogP contribution >= 0.6 is 0 Å². The van der Waals surface area contributed by atoms with E-state index in [9.17, 15) is 4.39 Å². The van der Waals surface area contributed by atoms with Crippen LogP contribution in [-0.2, 0) is 6.42 Å². The average molecular weight is 272 g/mol. The third-order valence-corrected chi connectivity index (χ3v) is 3.47. The second-order valence-electron chi connectivity index (χ2n) is 5.30. The van der Waals surface area contributed by atoms with E-state index in [0.717, 1.165) is 17.7 Å². The highest BCUT2D eigenvalue weighted by Gasteiger charge is 2.23. The molecule has 0 saturated carbocycles. The highest BCUT2D eigenvalue weighted by molar-refractivity contribution is 5.40. The molecular weight excluding hydrogens is 255 g/mol. The van der Waals surface area contributed by atoms with Gasteiger partial charge in [0.15, 0.2) is 11.6 Å². The van der Waals surface area contributed by atoms with Crippen LogP contribution in [0, 0.1) is 19.7 Å². The summed E-state index contributed by atoms with van der Waals surface area (Å²) in [6.07, 6.45) is 0.761. The van der Waals surface area contributed by atoms with E-state index < -0.39 is 0 Å². The maximum absolute atomic E-state index is 13.6. The third-order valence-electron chi connectivity index (χ3n) is 3.47. The highest BCUT2D eigenvalue weighted by Crippen LogP contribution is 2.30. The molecule has 0 aromatic heterocycles. The Morgan fingerprint density at radius 3 is 2.75 bits per heavy atom. The maximum atomic E-state index is 13.6. The second-order valence-corrected chi connectivity index (χ2v) is 5.30. The smallest absolute Gasteiger partial charge is 0.165 e. The number of aryl methyl sites for hydroxylation is 2. The lowest BCUT2D eigenvalue weighted by atomic mass is 10.1. The van der Waals surface area contributed by atoms with Gasteiger partial charge in [-0.15, -0.1) is 0 Å². The van der Waals surface area contributed by atoms with Crippen LogP contribution in [0.5, 0.6) is 11.5 Å². The topological polar surface area (TPSA) is 18.5 Å². The van der Waals surface area contributed by atoms with Crippen LogP contribution in [0.3, 0.4) is 0 Å². The Morgan fingerprint density at radius 1 is 1.15 bits per heavy atom. The fourth-order valence-electron chi connectivity index (χ4n) is 2.45. The molecule has 1 aliphatic heterocycles. The van der Waals surface area contributed by atoms with E-state index >= 15 is 0 Å². The van der Waals surface area contributed by atoms with Crippen LogP contribution in [0.25, 0.3) is 0 Å². The van der Waals surface area contributed by atoms with Gasteiger partial charge in [0.1, 0.15) is 18.5 Å². The van der Waals surface area contributed by atoms with Gasteiger partial charge in [0.05, 0.1) is 0 Å². The van der Waals surface area contributed by atoms with Crippen molar-refractivity contribution in [2.24, 2.45) is 0 Å². The lowest BCUT2D eigenvalue weighted by Crippen LogP contribution is -2.22. The van der Waals surface area contributed by atoms with Gasteiger partial charge in [-0.2, -0.15) is 0 Å². The van der Waals surface area contributed by atoms with Crippen LogP contribution in [-0.4, -0.2) is 12.7 Å². The predicted octanol–water partition coefficient (Wildman–Crippen LogP) is 3.83. The molecule has 104 valence electrons. The summed E-state index contributed by atoms with van der Waals surface area (Å²) in [7, 11) is 0. The zero-order chi connectivity index (χ0) is 14.1. The molecule has 2 aromatic carbocycles. The molecule has 0 N–H and O–H groups in total. The molecule has 0 aliphatic carbocycles. The molecule has 2 nitrogen and oxygen atoms in total. The summed E-state index contributed by atoms with van der Waals surface area (Å²) < 4.78 is 25.0. The molecule has 1 aliphatic rings. The largest absolute Gasteiger partial charge is 0.487 e. The van der Waals surface area contributed by atoms with Gasteiger partial charge in [0, 0.05) is 6.42 Å². The molecule has 20 heavy (non-hydrogen) atoms. The molecule has 0 spiro atoms. The number of benzene rings is 2. The fraction of sp³-hybridized carbons (Fsp3) is 0.294. The Kier molecular flexibility index (Phi) is 3.35. The van der Waals surface area contributed by atoms with E-state index in [1.165, 1.54) is 17.2 Å². The van der Waals surface area contributed by atoms with Gasteiger partial charge in [-0.05, 0) is 43.2 Å². The zero-order valence-electron chi connectivity index (χ0n) is 11.7. The van der Waals surface area contributed by atoms with Crippen LogP contribution in [0.2, 0.25) is 0 Å². The van der Waals surface area contributed by atoms with Crippen LogP contribution in [0.1, 0.15) is 16.7 Å². The van der Waals surface area contributed by atoms with Gasteiger partial charge in [0.25, 0.3) is 0 Å². The minimum absolute atomic E-state index is 0.0493. The zero-order valence-corrected chi connectivity index (χ0v) is 11.7. The molecule has 3 rings (SSSR count). The first-order valence-corrected chi connectivity index (χ1v) is 6.77. The molecule has 1 unspecified atom stereocenters. The van der Waals surface area contributed by atoms with E-state index in [1.807, 2.05) is 19.1 Å². The van der Waals surface area contributed by atoms with Crippen molar-refractivity contribution in [2.45, 2.75) is 26.4 Å². The Bertz CT molecular complexity index is 637. The van der Waals surface area contributed by atoms with E-state index in [-0.39, 0.29) is 11.9 Å². The monoisotopic (exact) mass is 272 g/mol. The van der Waals surface area contributed by atoms with Crippen molar-refractivity contribution in [2.75, 3.05) is 6.61 Å². The van der Waals surface area contributed by atoms with Gasteiger partial charge in [0.2, 0.25) is 0 Å². The number of hydrogen-bond acceptors (Lipinski definition) is 2. The van der Waals surface area contributed by atoms with Crippen LogP contribution in [0.15, 0.2) is 36.4 Å². The fourth-order valence-corrected chi connectivity index (χ4v) is 2.45. The predicted molar refractivity (Wildman–Crippen MR) is 75.9 cm³/mol. The van der Waals surface area contributed by atoms with E-state index in [1.54, 1.807) is 12.1 Å². The summed E-state index contributed by atoms with van der Waals surface area (Å²) in [5, 5.41) is 0. The van der Waals surface area contributed by atoms with Crippen molar-refractivity contribution in [3.05, 3.63) is 58.9 Å². The summed E-state index contributed by atoms with van der Waals surface area (Å²) in [4.78, 5) is 0. The summed E-state index contributed by atoms with van der Waals surface area (Å²) in [5.41, 5.74) is 3.40. The Hall–Kier alpha value is -2.03. The lowest BCUT2D eigenvalue weighted by Gasteiger charge is -2.13. The van der Waals surface area contributed by atoms with Gasteiger partial charge in [-0.25, -0.2) is 4.39 Å². The second kappa shape index (κ2) is 5.16. The molecule has 2 aromatic rings. The summed E-state index contributed by atoms with van der Waals surface area (Å²) >= 11 is 0. The molecule has 3 heteroatoms. The molecular formula is C17H17FO2. The SMILES string of the molecule is Cc1ccc2c(c1)CC(COc1cc(C)ccc1F)O2. The van der Waals surface area contributed by atoms with Crippen LogP contribution in [0.4, 0.5) is 4.39 Å². The number of halogens is 1. The summed E-state index contributed by atoms with van der Waals surface area (Å²) in [5.74, 6) is 0.872. The molecule has 0 saturated heterocycles. The lowest BCUT2D eigenvalue weighted by molar-refractivity contribution is 0.145.